The molecule has 296 valence electrons. The highest BCUT2D eigenvalue weighted by atomic mass is 32.2. The molecule has 2 unspecified atom stereocenters. The van der Waals surface area contributed by atoms with Gasteiger partial charge in [0, 0.05) is 67.6 Å². The molecule has 0 aliphatic carbocycles. The van der Waals surface area contributed by atoms with Crippen LogP contribution in [0.3, 0.4) is 0 Å². The van der Waals surface area contributed by atoms with E-state index in [1.165, 1.54) is 24.3 Å². The number of unbranched alkanes of at least 4 members (excludes halogenated alkanes) is 2. The minimum atomic E-state index is -4.53. The largest absolute Gasteiger partial charge is 0.481 e. The lowest BCUT2D eigenvalue weighted by Crippen LogP contribution is -2.33. The van der Waals surface area contributed by atoms with Crippen LogP contribution in [0.15, 0.2) is 82.3 Å². The van der Waals surface area contributed by atoms with Crippen molar-refractivity contribution in [2.75, 3.05) is 37.5 Å². The van der Waals surface area contributed by atoms with Gasteiger partial charge < -0.3 is 14.7 Å². The van der Waals surface area contributed by atoms with Gasteiger partial charge in [-0.25, -0.2) is 0 Å². The molecule has 4 rings (SSSR count). The number of carboxylic acids is 1. The molecule has 54 heavy (non-hydrogen) atoms. The number of hydrogen-bond acceptors (Lipinski definition) is 9. The molecule has 17 heteroatoms. The first-order chi connectivity index (χ1) is 25.2. The molecular weight excluding hydrogens is 761 g/mol. The fourth-order valence-corrected chi connectivity index (χ4v) is 9.01. The van der Waals surface area contributed by atoms with Gasteiger partial charge >= 0.3 is 5.97 Å². The van der Waals surface area contributed by atoms with Crippen LogP contribution in [0.25, 0.3) is 0 Å². The summed E-state index contributed by atoms with van der Waals surface area (Å²) in [4.78, 5) is 12.5. The van der Waals surface area contributed by atoms with Crippen LogP contribution >= 0.6 is 0 Å². The first-order valence-electron chi connectivity index (χ1n) is 17.6. The summed E-state index contributed by atoms with van der Waals surface area (Å²) in [5, 5.41) is 9.08. The molecule has 0 spiro atoms. The second-order valence-electron chi connectivity index (χ2n) is 13.9. The van der Waals surface area contributed by atoms with Crippen molar-refractivity contribution in [3.8, 4) is 0 Å². The van der Waals surface area contributed by atoms with Gasteiger partial charge in [0.25, 0.3) is 30.4 Å². The van der Waals surface area contributed by atoms with Crippen LogP contribution in [0.5, 0.6) is 0 Å². The van der Waals surface area contributed by atoms with E-state index < -0.39 is 52.9 Å². The van der Waals surface area contributed by atoms with E-state index in [1.807, 2.05) is 43.9 Å². The average molecular weight is 810 g/mol. The maximum absolute atomic E-state index is 12.2. The SMILES string of the molecule is CCN1/C(=C/C=C/C=C/C2=[N+](CCCCCC(=O)O)c3ccc(S(=O)(=O)O)cc3C2(C)CCOC)C(C)(CCCS(=O)(=O)O)c2cc(S(=O)(=O)O)ccc21. The fourth-order valence-electron chi connectivity index (χ4n) is 7.49. The van der Waals surface area contributed by atoms with Crippen molar-refractivity contribution in [3.05, 3.63) is 83.6 Å². The first-order valence-corrected chi connectivity index (χ1v) is 22.0. The monoisotopic (exact) mass is 809 g/mol. The Hall–Kier alpha value is -3.71. The number of hydrogen-bond donors (Lipinski definition) is 4. The van der Waals surface area contributed by atoms with E-state index in [9.17, 15) is 43.7 Å². The third-order valence-electron chi connectivity index (χ3n) is 10.2. The summed E-state index contributed by atoms with van der Waals surface area (Å²) in [6.45, 7) is 7.11. The molecule has 4 N–H and O–H groups in total. The van der Waals surface area contributed by atoms with Gasteiger partial charge in [-0.05, 0) is 94.8 Å². The predicted molar refractivity (Wildman–Crippen MR) is 205 cm³/mol. The van der Waals surface area contributed by atoms with Gasteiger partial charge in [0.05, 0.1) is 21.0 Å². The van der Waals surface area contributed by atoms with E-state index in [0.29, 0.717) is 62.2 Å². The molecule has 0 radical (unpaired) electrons. The zero-order valence-electron chi connectivity index (χ0n) is 30.8. The van der Waals surface area contributed by atoms with E-state index in [4.69, 9.17) is 9.84 Å². The Kier molecular flexibility index (Phi) is 13.5. The predicted octanol–water partition coefficient (Wildman–Crippen LogP) is 5.68. The van der Waals surface area contributed by atoms with Crippen LogP contribution in [0.2, 0.25) is 0 Å². The third-order valence-corrected chi connectivity index (χ3v) is 12.7. The van der Waals surface area contributed by atoms with Crippen molar-refractivity contribution in [1.82, 2.24) is 0 Å². The normalized spacial score (nSPS) is 21.2. The molecule has 0 amide bonds. The van der Waals surface area contributed by atoms with E-state index in [2.05, 4.69) is 4.58 Å². The molecule has 2 atom stereocenters. The number of fused-ring (bicyclic) bond motifs is 2. The summed E-state index contributed by atoms with van der Waals surface area (Å²) in [5.74, 6) is -1.36. The van der Waals surface area contributed by atoms with Gasteiger partial charge in [-0.1, -0.05) is 18.2 Å². The van der Waals surface area contributed by atoms with Gasteiger partial charge in [-0.15, -0.1) is 0 Å². The number of allylic oxidation sites excluding steroid dienone is 6. The number of likely N-dealkylation sites (N-methyl/N-ethyl adjacent to an activating group) is 1. The molecule has 0 saturated carbocycles. The van der Waals surface area contributed by atoms with Crippen LogP contribution in [-0.2, 0) is 50.7 Å². The molecular formula is C37H49N2O12S3+. The van der Waals surface area contributed by atoms with Crippen molar-refractivity contribution >= 4 is 53.4 Å². The zero-order chi connectivity index (χ0) is 40.1. The lowest BCUT2D eigenvalue weighted by molar-refractivity contribution is -0.438. The minimum absolute atomic E-state index is 0.0540. The van der Waals surface area contributed by atoms with Crippen molar-refractivity contribution in [1.29, 1.82) is 0 Å². The van der Waals surface area contributed by atoms with Crippen LogP contribution < -0.4 is 4.90 Å². The number of nitrogens with zero attached hydrogens (tertiary/aromatic N) is 2. The van der Waals surface area contributed by atoms with E-state index in [1.54, 1.807) is 31.4 Å². The Balaban J connectivity index is 1.77. The molecule has 2 aromatic carbocycles. The van der Waals surface area contributed by atoms with Crippen LogP contribution in [0, 0.1) is 0 Å². The maximum atomic E-state index is 12.2. The van der Waals surface area contributed by atoms with Crippen LogP contribution in [0.1, 0.15) is 76.8 Å². The highest BCUT2D eigenvalue weighted by Gasteiger charge is 2.48. The summed E-state index contributed by atoms with van der Waals surface area (Å²) in [5.41, 5.74) is 2.70. The lowest BCUT2D eigenvalue weighted by atomic mass is 9.76. The topological polar surface area (TPSA) is 216 Å². The van der Waals surface area contributed by atoms with Gasteiger partial charge in [-0.2, -0.15) is 29.8 Å². The Morgan fingerprint density at radius 2 is 1.48 bits per heavy atom. The highest BCUT2D eigenvalue weighted by Crippen LogP contribution is 2.51. The number of rotatable bonds is 19. The van der Waals surface area contributed by atoms with Crippen LogP contribution in [-0.4, -0.2) is 92.8 Å². The second kappa shape index (κ2) is 17.0. The maximum Gasteiger partial charge on any atom is 0.303 e. The molecule has 2 aliphatic heterocycles. The second-order valence-corrected chi connectivity index (χ2v) is 18.3. The van der Waals surface area contributed by atoms with Crippen molar-refractivity contribution in [3.63, 3.8) is 0 Å². The van der Waals surface area contributed by atoms with Gasteiger partial charge in [0.15, 0.2) is 5.71 Å². The highest BCUT2D eigenvalue weighted by molar-refractivity contribution is 7.86. The number of benzene rings is 2. The van der Waals surface area contributed by atoms with Gasteiger partial charge in [0.2, 0.25) is 5.69 Å². The zero-order valence-corrected chi connectivity index (χ0v) is 33.3. The number of methoxy groups -OCH3 is 1. The van der Waals surface area contributed by atoms with Crippen LogP contribution in [0.4, 0.5) is 11.4 Å². The number of ether oxygens (including phenoxy) is 1. The van der Waals surface area contributed by atoms with Gasteiger partial charge in [0.1, 0.15) is 6.54 Å². The molecule has 2 aliphatic rings. The smallest absolute Gasteiger partial charge is 0.303 e. The summed E-state index contributed by atoms with van der Waals surface area (Å²) in [6, 6.07) is 8.80. The van der Waals surface area contributed by atoms with Crippen molar-refractivity contribution in [2.45, 2.75) is 86.3 Å². The summed E-state index contributed by atoms with van der Waals surface area (Å²) < 4.78 is 108. The van der Waals surface area contributed by atoms with E-state index in [0.717, 1.165) is 17.1 Å². The number of aliphatic carboxylic acids is 1. The fraction of sp³-hybridized carbons (Fsp3) is 0.459. The van der Waals surface area contributed by atoms with Crippen molar-refractivity contribution < 1.29 is 58.1 Å². The standard InChI is InChI=1S/C37H48N2O12S3/c1-5-38-31-18-16-27(53(45,46)47)25-29(31)36(2,20-12-24-52(42,43)44)33(38)13-8-6-9-14-34-37(3,21-23-51-4)30-26-28(54(48,49)50)17-19-32(30)39(34)22-11-7-10-15-35(40)41/h6,8-9,13-14,16-19,25-26H,5,7,10-12,15,20-24H2,1-4H3,(H3-,40,41,42,43,44,45,46,47,48,49,50)/p+1. The Bertz CT molecular complexity index is 2210. The Morgan fingerprint density at radius 1 is 0.833 bits per heavy atom. The molecule has 0 bridgehead atoms. The molecule has 2 aromatic rings. The van der Waals surface area contributed by atoms with Gasteiger partial charge in [-0.3, -0.25) is 18.5 Å². The number of carbonyl (C=O) groups is 1. The Labute approximate surface area is 317 Å². The Morgan fingerprint density at radius 3 is 2.07 bits per heavy atom. The summed E-state index contributed by atoms with van der Waals surface area (Å²) >= 11 is 0. The van der Waals surface area contributed by atoms with E-state index in [-0.39, 0.29) is 29.1 Å². The third kappa shape index (κ3) is 9.74. The first kappa shape index (κ1) is 43.0. The quantitative estimate of drug-likeness (QED) is 0.0582. The lowest BCUT2D eigenvalue weighted by Gasteiger charge is -2.30. The summed E-state index contributed by atoms with van der Waals surface area (Å²) in [7, 11) is -11.7. The summed E-state index contributed by atoms with van der Waals surface area (Å²) in [6.07, 6.45) is 11.9. The van der Waals surface area contributed by atoms with E-state index >= 15 is 0 Å². The molecule has 2 heterocycles. The molecule has 0 aromatic heterocycles. The molecule has 14 nitrogen and oxygen atoms in total. The average Bonchev–Trinajstić information content (AvgIpc) is 3.45. The number of carboxylic acid groups (broad SMARTS) is 1. The molecule has 0 saturated heterocycles. The van der Waals surface area contributed by atoms with Crippen molar-refractivity contribution in [2.24, 2.45) is 0 Å². The number of anilines is 1. The minimum Gasteiger partial charge on any atom is -0.481 e. The molecule has 0 fully saturated rings.